The van der Waals surface area contributed by atoms with E-state index < -0.39 is 0 Å². The van der Waals surface area contributed by atoms with Crippen molar-refractivity contribution >= 4 is 31.9 Å². The maximum atomic E-state index is 4.41. The van der Waals surface area contributed by atoms with Crippen molar-refractivity contribution in [1.82, 2.24) is 10.3 Å². The molecule has 0 spiro atoms. The van der Waals surface area contributed by atoms with Gasteiger partial charge in [0.25, 0.3) is 0 Å². The molecule has 0 aliphatic rings. The van der Waals surface area contributed by atoms with Crippen LogP contribution in [0, 0.1) is 6.92 Å². The molecule has 1 aromatic heterocycles. The van der Waals surface area contributed by atoms with Gasteiger partial charge in [-0.15, -0.1) is 0 Å². The second kappa shape index (κ2) is 6.64. The van der Waals surface area contributed by atoms with E-state index in [1.165, 1.54) is 11.1 Å². The molecule has 0 unspecified atom stereocenters. The van der Waals surface area contributed by atoms with Crippen molar-refractivity contribution in [1.29, 1.82) is 0 Å². The van der Waals surface area contributed by atoms with Gasteiger partial charge >= 0.3 is 0 Å². The van der Waals surface area contributed by atoms with Crippen molar-refractivity contribution in [3.8, 4) is 0 Å². The number of nitrogens with zero attached hydrogens (tertiary/aromatic N) is 1. The molecule has 0 bridgehead atoms. The van der Waals surface area contributed by atoms with E-state index >= 15 is 0 Å². The molecule has 1 N–H and O–H groups in total. The van der Waals surface area contributed by atoms with Crippen LogP contribution in [0.15, 0.2) is 45.5 Å². The Balaban J connectivity index is 2.04. The molecular weight excluding hydrogens is 368 g/mol. The van der Waals surface area contributed by atoms with Gasteiger partial charge in [-0.2, -0.15) is 0 Å². The van der Waals surface area contributed by atoms with Gasteiger partial charge < -0.3 is 5.32 Å². The SMILES string of the molecule is Cc1ccccc1[C@@H](C)NCc1ncc(Br)cc1Br. The number of nitrogens with one attached hydrogen (secondary N) is 1. The van der Waals surface area contributed by atoms with Crippen LogP contribution < -0.4 is 5.32 Å². The van der Waals surface area contributed by atoms with Gasteiger partial charge in [0.15, 0.2) is 0 Å². The Bertz CT molecular complexity index is 570. The van der Waals surface area contributed by atoms with E-state index in [4.69, 9.17) is 0 Å². The highest BCUT2D eigenvalue weighted by Gasteiger charge is 2.09. The monoisotopic (exact) mass is 382 g/mol. The highest BCUT2D eigenvalue weighted by molar-refractivity contribution is 9.11. The zero-order valence-electron chi connectivity index (χ0n) is 11.0. The smallest absolute Gasteiger partial charge is 0.0684 e. The minimum atomic E-state index is 0.304. The average molecular weight is 384 g/mol. The average Bonchev–Trinajstić information content (AvgIpc) is 2.38. The molecule has 0 aliphatic carbocycles. The fourth-order valence-corrected chi connectivity index (χ4v) is 3.13. The number of aromatic nitrogens is 1. The third-order valence-electron chi connectivity index (χ3n) is 3.11. The largest absolute Gasteiger partial charge is 0.305 e. The Morgan fingerprint density at radius 1 is 1.26 bits per heavy atom. The number of rotatable bonds is 4. The van der Waals surface area contributed by atoms with Crippen molar-refractivity contribution < 1.29 is 0 Å². The van der Waals surface area contributed by atoms with Crippen LogP contribution >= 0.6 is 31.9 Å². The lowest BCUT2D eigenvalue weighted by molar-refractivity contribution is 0.564. The van der Waals surface area contributed by atoms with E-state index in [2.05, 4.69) is 80.3 Å². The molecule has 0 saturated carbocycles. The van der Waals surface area contributed by atoms with Crippen molar-refractivity contribution in [2.45, 2.75) is 26.4 Å². The van der Waals surface area contributed by atoms with Gasteiger partial charge in [-0.3, -0.25) is 4.98 Å². The summed E-state index contributed by atoms with van der Waals surface area (Å²) >= 11 is 6.95. The Labute approximate surface area is 130 Å². The van der Waals surface area contributed by atoms with Crippen molar-refractivity contribution in [3.63, 3.8) is 0 Å². The van der Waals surface area contributed by atoms with E-state index in [-0.39, 0.29) is 0 Å². The number of halogens is 2. The van der Waals surface area contributed by atoms with Gasteiger partial charge in [0.1, 0.15) is 0 Å². The standard InChI is InChI=1S/C15H16Br2N2/c1-10-5-3-4-6-13(10)11(2)18-9-15-14(17)7-12(16)8-19-15/h3-8,11,18H,9H2,1-2H3/t11-/m1/s1. The Morgan fingerprint density at radius 2 is 2.00 bits per heavy atom. The predicted octanol–water partition coefficient (Wildman–Crippen LogP) is 4.77. The maximum absolute atomic E-state index is 4.41. The molecule has 1 atom stereocenters. The summed E-state index contributed by atoms with van der Waals surface area (Å²) in [6.07, 6.45) is 1.82. The van der Waals surface area contributed by atoms with Crippen molar-refractivity contribution in [3.05, 3.63) is 62.3 Å². The third kappa shape index (κ3) is 3.88. The Hall–Kier alpha value is -0.710. The maximum Gasteiger partial charge on any atom is 0.0684 e. The summed E-state index contributed by atoms with van der Waals surface area (Å²) in [5, 5.41) is 3.51. The first-order valence-electron chi connectivity index (χ1n) is 6.16. The van der Waals surface area contributed by atoms with Crippen LogP contribution in [-0.2, 0) is 6.54 Å². The van der Waals surface area contributed by atoms with Gasteiger partial charge in [0.05, 0.1) is 5.69 Å². The van der Waals surface area contributed by atoms with E-state index in [0.717, 1.165) is 21.2 Å². The highest BCUT2D eigenvalue weighted by atomic mass is 79.9. The molecule has 1 heterocycles. The normalized spacial score (nSPS) is 12.4. The minimum absolute atomic E-state index is 0.304. The van der Waals surface area contributed by atoms with Crippen LogP contribution in [0.1, 0.15) is 29.8 Å². The van der Waals surface area contributed by atoms with Crippen LogP contribution in [0.3, 0.4) is 0 Å². The molecule has 1 aromatic carbocycles. The minimum Gasteiger partial charge on any atom is -0.305 e. The van der Waals surface area contributed by atoms with E-state index in [1.807, 2.05) is 12.3 Å². The Kier molecular flexibility index (Phi) is 5.13. The van der Waals surface area contributed by atoms with Gasteiger partial charge in [0.2, 0.25) is 0 Å². The van der Waals surface area contributed by atoms with Crippen molar-refractivity contribution in [2.24, 2.45) is 0 Å². The fourth-order valence-electron chi connectivity index (χ4n) is 2.01. The lowest BCUT2D eigenvalue weighted by Crippen LogP contribution is -2.19. The van der Waals surface area contributed by atoms with Crippen LogP contribution in [0.2, 0.25) is 0 Å². The summed E-state index contributed by atoms with van der Waals surface area (Å²) in [6.45, 7) is 5.06. The van der Waals surface area contributed by atoms with E-state index in [0.29, 0.717) is 6.04 Å². The second-order valence-electron chi connectivity index (χ2n) is 4.54. The molecular formula is C15H16Br2N2. The Morgan fingerprint density at radius 3 is 2.68 bits per heavy atom. The number of aryl methyl sites for hydroxylation is 1. The molecule has 19 heavy (non-hydrogen) atoms. The third-order valence-corrected chi connectivity index (χ3v) is 4.23. The summed E-state index contributed by atoms with van der Waals surface area (Å²) in [7, 11) is 0. The molecule has 100 valence electrons. The molecule has 0 radical (unpaired) electrons. The molecule has 2 nitrogen and oxygen atoms in total. The topological polar surface area (TPSA) is 24.9 Å². The quantitative estimate of drug-likeness (QED) is 0.822. The zero-order chi connectivity index (χ0) is 13.8. The van der Waals surface area contributed by atoms with Crippen LogP contribution in [0.4, 0.5) is 0 Å². The van der Waals surface area contributed by atoms with E-state index in [9.17, 15) is 0 Å². The molecule has 0 aliphatic heterocycles. The predicted molar refractivity (Wildman–Crippen MR) is 86.1 cm³/mol. The van der Waals surface area contributed by atoms with Gasteiger partial charge in [-0.1, -0.05) is 24.3 Å². The first kappa shape index (κ1) is 14.7. The summed E-state index contributed by atoms with van der Waals surface area (Å²) in [4.78, 5) is 4.41. The zero-order valence-corrected chi connectivity index (χ0v) is 14.1. The number of hydrogen-bond acceptors (Lipinski definition) is 2. The second-order valence-corrected chi connectivity index (χ2v) is 6.31. The summed E-state index contributed by atoms with van der Waals surface area (Å²) in [6, 6.07) is 10.8. The lowest BCUT2D eigenvalue weighted by Gasteiger charge is -2.16. The van der Waals surface area contributed by atoms with Crippen molar-refractivity contribution in [2.75, 3.05) is 0 Å². The summed E-state index contributed by atoms with van der Waals surface area (Å²) < 4.78 is 2.00. The first-order chi connectivity index (χ1) is 9.08. The van der Waals surface area contributed by atoms with Crippen LogP contribution in [0.5, 0.6) is 0 Å². The number of benzene rings is 1. The van der Waals surface area contributed by atoms with Crippen LogP contribution in [-0.4, -0.2) is 4.98 Å². The van der Waals surface area contributed by atoms with Gasteiger partial charge in [0, 0.05) is 27.7 Å². The molecule has 4 heteroatoms. The molecule has 0 fully saturated rings. The van der Waals surface area contributed by atoms with E-state index in [1.54, 1.807) is 0 Å². The number of hydrogen-bond donors (Lipinski definition) is 1. The van der Waals surface area contributed by atoms with Crippen LogP contribution in [0.25, 0.3) is 0 Å². The fraction of sp³-hybridized carbons (Fsp3) is 0.267. The first-order valence-corrected chi connectivity index (χ1v) is 7.75. The van der Waals surface area contributed by atoms with Gasteiger partial charge in [-0.25, -0.2) is 0 Å². The summed E-state index contributed by atoms with van der Waals surface area (Å²) in [5.41, 5.74) is 3.66. The molecule has 0 amide bonds. The number of pyridine rings is 1. The molecule has 0 saturated heterocycles. The summed E-state index contributed by atoms with van der Waals surface area (Å²) in [5.74, 6) is 0. The molecule has 2 aromatic rings. The molecule has 2 rings (SSSR count). The van der Waals surface area contributed by atoms with Gasteiger partial charge in [-0.05, 0) is 62.9 Å². The highest BCUT2D eigenvalue weighted by Crippen LogP contribution is 2.21. The lowest BCUT2D eigenvalue weighted by atomic mass is 10.0.